The molecule has 2 aliphatic rings. The van der Waals surface area contributed by atoms with Crippen LogP contribution in [0.5, 0.6) is 0 Å². The first kappa shape index (κ1) is 29.0. The molecule has 2 fully saturated rings. The number of amides is 2. The van der Waals surface area contributed by atoms with Gasteiger partial charge in [0, 0.05) is 24.5 Å². The van der Waals surface area contributed by atoms with Gasteiger partial charge in [-0.25, -0.2) is 0 Å². The van der Waals surface area contributed by atoms with Gasteiger partial charge in [-0.15, -0.1) is 18.8 Å². The number of carbonyl (C=O) groups excluding carboxylic acids is 3. The molecule has 3 rings (SSSR count). The number of hydrogen-bond acceptors (Lipinski definition) is 5. The lowest BCUT2D eigenvalue weighted by atomic mass is 9.92. The van der Waals surface area contributed by atoms with E-state index in [1.165, 1.54) is 0 Å². The highest BCUT2D eigenvalue weighted by Gasteiger charge is 2.30. The highest BCUT2D eigenvalue weighted by atomic mass is 35.5. The lowest BCUT2D eigenvalue weighted by molar-refractivity contribution is -0.145. The minimum absolute atomic E-state index is 0. The average Bonchev–Trinajstić information content (AvgIpc) is 2.87. The van der Waals surface area contributed by atoms with Crippen molar-refractivity contribution in [1.82, 2.24) is 15.5 Å². The van der Waals surface area contributed by atoms with E-state index >= 15 is 0 Å². The van der Waals surface area contributed by atoms with E-state index in [0.29, 0.717) is 36.9 Å². The first-order valence-electron chi connectivity index (χ1n) is 12.1. The summed E-state index contributed by atoms with van der Waals surface area (Å²) in [6.07, 6.45) is 10.6. The zero-order valence-corrected chi connectivity index (χ0v) is 21.5. The number of likely N-dealkylation sites (tertiary alicyclic amines) is 1. The maximum Gasteiger partial charge on any atom is 0.309 e. The summed E-state index contributed by atoms with van der Waals surface area (Å²) >= 11 is 5.85. The molecule has 0 bridgehead atoms. The molecule has 2 amide bonds. The Morgan fingerprint density at radius 1 is 1.20 bits per heavy atom. The molecule has 35 heavy (non-hydrogen) atoms. The van der Waals surface area contributed by atoms with Crippen LogP contribution in [0, 0.1) is 24.2 Å². The molecular formula is C26H35Cl2N3O4. The number of nitrogens with zero attached hydrogens (tertiary/aromatic N) is 1. The van der Waals surface area contributed by atoms with Gasteiger partial charge in [-0.3, -0.25) is 14.4 Å². The molecule has 1 aromatic rings. The minimum Gasteiger partial charge on any atom is -0.461 e. The van der Waals surface area contributed by atoms with Gasteiger partial charge in [0.1, 0.15) is 12.6 Å². The van der Waals surface area contributed by atoms with Crippen molar-refractivity contribution in [3.05, 3.63) is 34.9 Å². The summed E-state index contributed by atoms with van der Waals surface area (Å²) in [7, 11) is 0. The van der Waals surface area contributed by atoms with E-state index in [2.05, 4.69) is 16.6 Å². The summed E-state index contributed by atoms with van der Waals surface area (Å²) in [5, 5.41) is 6.73. The molecule has 9 heteroatoms. The van der Waals surface area contributed by atoms with Gasteiger partial charge in [-0.1, -0.05) is 29.7 Å². The highest BCUT2D eigenvalue weighted by molar-refractivity contribution is 6.30. The SMILES string of the molecule is C#CC(CC(=O)OCc1ccc(Cl)cc1)NC(=O)[C@@H]1CCCN(C(=O)CCC2CCNCC2)C1.Cl. The molecule has 1 unspecified atom stereocenters. The first-order chi connectivity index (χ1) is 16.4. The Balaban J connectivity index is 0.00000432. The van der Waals surface area contributed by atoms with Crippen molar-refractivity contribution in [2.24, 2.45) is 11.8 Å². The van der Waals surface area contributed by atoms with Crippen LogP contribution >= 0.6 is 24.0 Å². The Bertz CT molecular complexity index is 882. The van der Waals surface area contributed by atoms with Gasteiger partial charge in [-0.05, 0) is 68.8 Å². The molecule has 1 aromatic carbocycles. The lowest BCUT2D eigenvalue weighted by Crippen LogP contribution is -2.47. The zero-order valence-electron chi connectivity index (χ0n) is 20.0. The number of halogens is 2. The number of piperidine rings is 2. The third-order valence-electron chi connectivity index (χ3n) is 6.57. The van der Waals surface area contributed by atoms with Crippen LogP contribution in [0.2, 0.25) is 5.02 Å². The second-order valence-electron chi connectivity index (χ2n) is 9.13. The van der Waals surface area contributed by atoms with E-state index in [-0.39, 0.29) is 43.2 Å². The molecule has 2 heterocycles. The highest BCUT2D eigenvalue weighted by Crippen LogP contribution is 2.22. The molecule has 7 nitrogen and oxygen atoms in total. The van der Waals surface area contributed by atoms with Gasteiger partial charge in [0.15, 0.2) is 0 Å². The second kappa shape index (κ2) is 15.0. The number of benzene rings is 1. The summed E-state index contributed by atoms with van der Waals surface area (Å²) in [4.78, 5) is 39.5. The number of esters is 1. The van der Waals surface area contributed by atoms with Crippen LogP contribution in [-0.2, 0) is 25.7 Å². The predicted molar refractivity (Wildman–Crippen MR) is 138 cm³/mol. The zero-order chi connectivity index (χ0) is 24.3. The Morgan fingerprint density at radius 2 is 1.91 bits per heavy atom. The van der Waals surface area contributed by atoms with E-state index in [0.717, 1.165) is 44.3 Å². The van der Waals surface area contributed by atoms with Crippen LogP contribution in [0.4, 0.5) is 0 Å². The smallest absolute Gasteiger partial charge is 0.309 e. The summed E-state index contributed by atoms with van der Waals surface area (Å²) in [5.41, 5.74) is 0.811. The van der Waals surface area contributed by atoms with Crippen molar-refractivity contribution >= 4 is 41.8 Å². The van der Waals surface area contributed by atoms with Gasteiger partial charge in [0.2, 0.25) is 11.8 Å². The fraction of sp³-hybridized carbons (Fsp3) is 0.577. The van der Waals surface area contributed by atoms with Crippen LogP contribution in [0.1, 0.15) is 50.5 Å². The van der Waals surface area contributed by atoms with Gasteiger partial charge >= 0.3 is 5.97 Å². The summed E-state index contributed by atoms with van der Waals surface area (Å²) in [6.45, 7) is 3.24. The van der Waals surface area contributed by atoms with Crippen LogP contribution < -0.4 is 10.6 Å². The van der Waals surface area contributed by atoms with E-state index in [1.54, 1.807) is 29.2 Å². The minimum atomic E-state index is -0.754. The second-order valence-corrected chi connectivity index (χ2v) is 9.57. The molecule has 2 saturated heterocycles. The molecular weight excluding hydrogens is 489 g/mol. The molecule has 0 radical (unpaired) electrons. The number of rotatable bonds is 9. The fourth-order valence-corrected chi connectivity index (χ4v) is 4.61. The van der Waals surface area contributed by atoms with Gasteiger partial charge in [0.25, 0.3) is 0 Å². The number of terminal acetylenes is 1. The molecule has 0 spiro atoms. The molecule has 2 aliphatic heterocycles. The van der Waals surface area contributed by atoms with Gasteiger partial charge < -0.3 is 20.3 Å². The maximum absolute atomic E-state index is 12.8. The van der Waals surface area contributed by atoms with Gasteiger partial charge in [-0.2, -0.15) is 0 Å². The fourth-order valence-electron chi connectivity index (χ4n) is 4.49. The van der Waals surface area contributed by atoms with Crippen LogP contribution in [0.25, 0.3) is 0 Å². The quantitative estimate of drug-likeness (QED) is 0.382. The summed E-state index contributed by atoms with van der Waals surface area (Å²) in [5.74, 6) is 2.16. The number of ether oxygens (including phenoxy) is 1. The largest absolute Gasteiger partial charge is 0.461 e. The molecule has 2 atom stereocenters. The monoisotopic (exact) mass is 523 g/mol. The normalized spacial score (nSPS) is 19.1. The number of carbonyl (C=O) groups is 3. The van der Waals surface area contributed by atoms with E-state index in [4.69, 9.17) is 22.8 Å². The van der Waals surface area contributed by atoms with E-state index in [1.807, 2.05) is 0 Å². The van der Waals surface area contributed by atoms with Gasteiger partial charge in [0.05, 0.1) is 12.3 Å². The summed E-state index contributed by atoms with van der Waals surface area (Å²) in [6, 6.07) is 6.25. The Morgan fingerprint density at radius 3 is 2.60 bits per heavy atom. The predicted octanol–water partition coefficient (Wildman–Crippen LogP) is 3.33. The molecule has 0 saturated carbocycles. The Labute approximate surface area is 219 Å². The maximum atomic E-state index is 12.8. The molecule has 0 aliphatic carbocycles. The van der Waals surface area contributed by atoms with Crippen LogP contribution in [0.3, 0.4) is 0 Å². The van der Waals surface area contributed by atoms with Crippen molar-refractivity contribution in [3.8, 4) is 12.3 Å². The topological polar surface area (TPSA) is 87.7 Å². The molecule has 192 valence electrons. The van der Waals surface area contributed by atoms with Crippen LogP contribution in [0.15, 0.2) is 24.3 Å². The first-order valence-corrected chi connectivity index (χ1v) is 12.5. The Hall–Kier alpha value is -2.27. The van der Waals surface area contributed by atoms with Crippen LogP contribution in [-0.4, -0.2) is 54.9 Å². The molecule has 0 aromatic heterocycles. The summed E-state index contributed by atoms with van der Waals surface area (Å²) < 4.78 is 5.27. The Kier molecular flexibility index (Phi) is 12.4. The van der Waals surface area contributed by atoms with Crippen molar-refractivity contribution < 1.29 is 19.1 Å². The third-order valence-corrected chi connectivity index (χ3v) is 6.82. The third kappa shape index (κ3) is 9.71. The van der Waals surface area contributed by atoms with Crippen molar-refractivity contribution in [2.75, 3.05) is 26.2 Å². The van der Waals surface area contributed by atoms with Crippen molar-refractivity contribution in [3.63, 3.8) is 0 Å². The standard InChI is InChI=1S/C26H34ClN3O4.ClH/c1-2-23(16-25(32)34-18-20-5-8-22(27)9-6-20)29-26(33)21-4-3-15-30(17-21)24(31)10-7-19-11-13-28-14-12-19;/h1,5-6,8-9,19,21,23,28H,3-4,7,10-18H2,(H,29,33);1H/t21-,23?;/m1./s1. The molecule has 2 N–H and O–H groups in total. The number of hydrogen-bond donors (Lipinski definition) is 2. The number of nitrogens with one attached hydrogen (secondary N) is 2. The van der Waals surface area contributed by atoms with E-state index in [9.17, 15) is 14.4 Å². The van der Waals surface area contributed by atoms with E-state index < -0.39 is 12.0 Å². The van der Waals surface area contributed by atoms with Crippen molar-refractivity contribution in [1.29, 1.82) is 0 Å². The van der Waals surface area contributed by atoms with Crippen molar-refractivity contribution in [2.45, 2.75) is 57.6 Å². The average molecular weight is 524 g/mol. The lowest BCUT2D eigenvalue weighted by Gasteiger charge is -2.33.